The van der Waals surface area contributed by atoms with Crippen LogP contribution in [0.4, 0.5) is 4.39 Å². The van der Waals surface area contributed by atoms with Crippen LogP contribution in [0.5, 0.6) is 5.75 Å². The van der Waals surface area contributed by atoms with Crippen LogP contribution in [0.1, 0.15) is 24.0 Å². The molecule has 0 amide bonds. The second-order valence-electron chi connectivity index (χ2n) is 4.59. The Morgan fingerprint density at radius 2 is 1.95 bits per heavy atom. The highest BCUT2D eigenvalue weighted by Gasteiger charge is 2.19. The predicted molar refractivity (Wildman–Crippen MR) is 74.9 cm³/mol. The Balaban J connectivity index is 2.02. The maximum absolute atomic E-state index is 13.2. The van der Waals surface area contributed by atoms with Gasteiger partial charge in [-0.2, -0.15) is 0 Å². The molecule has 3 rings (SSSR count). The molecule has 96 valence electrons. The van der Waals surface area contributed by atoms with Crippen LogP contribution in [-0.4, -0.2) is 0 Å². The van der Waals surface area contributed by atoms with Gasteiger partial charge in [-0.05, 0) is 30.3 Å². The Labute approximate surface area is 116 Å². The number of benzene rings is 2. The van der Waals surface area contributed by atoms with Crippen LogP contribution >= 0.6 is 11.6 Å². The minimum atomic E-state index is -0.421. The van der Waals surface area contributed by atoms with Crippen molar-refractivity contribution in [3.05, 3.63) is 70.5 Å². The van der Waals surface area contributed by atoms with Crippen LogP contribution < -0.4 is 4.74 Å². The van der Waals surface area contributed by atoms with E-state index >= 15 is 0 Å². The van der Waals surface area contributed by atoms with Gasteiger partial charge in [0.25, 0.3) is 0 Å². The first-order chi connectivity index (χ1) is 9.15. The molecule has 0 saturated carbocycles. The lowest BCUT2D eigenvalue weighted by Gasteiger charge is -2.22. The minimum absolute atomic E-state index is 0.105. The number of hydrogen-bond donors (Lipinski definition) is 0. The van der Waals surface area contributed by atoms with Gasteiger partial charge in [0.15, 0.2) is 0 Å². The van der Waals surface area contributed by atoms with E-state index in [1.807, 2.05) is 30.3 Å². The summed E-state index contributed by atoms with van der Waals surface area (Å²) in [6, 6.07) is 12.5. The molecular weight excluding hydrogens is 263 g/mol. The van der Waals surface area contributed by atoms with Crippen LogP contribution in [0.2, 0.25) is 5.02 Å². The number of hydrogen-bond acceptors (Lipinski definition) is 1. The van der Waals surface area contributed by atoms with Crippen molar-refractivity contribution in [2.24, 2.45) is 0 Å². The second-order valence-corrected chi connectivity index (χ2v) is 5.00. The first kappa shape index (κ1) is 12.2. The van der Waals surface area contributed by atoms with Gasteiger partial charge in [0, 0.05) is 17.0 Å². The van der Waals surface area contributed by atoms with Gasteiger partial charge in [0.2, 0.25) is 0 Å². The van der Waals surface area contributed by atoms with E-state index in [1.54, 1.807) is 12.1 Å². The lowest BCUT2D eigenvalue weighted by Crippen LogP contribution is -2.06. The van der Waals surface area contributed by atoms with Crippen LogP contribution in [0.25, 0.3) is 5.76 Å². The molecule has 2 aromatic rings. The molecule has 19 heavy (non-hydrogen) atoms. The molecule has 0 radical (unpaired) electrons. The number of allylic oxidation sites excluding steroid dienone is 1. The molecule has 1 aliphatic heterocycles. The smallest absolute Gasteiger partial charge is 0.141 e. The van der Waals surface area contributed by atoms with Crippen molar-refractivity contribution in [3.8, 4) is 5.75 Å². The zero-order chi connectivity index (χ0) is 13.4. The molecule has 0 saturated heterocycles. The third-order valence-electron chi connectivity index (χ3n) is 3.23. The number of halogens is 2. The highest BCUT2D eigenvalue weighted by Crippen LogP contribution is 2.37. The van der Waals surface area contributed by atoms with Crippen LogP contribution in [0, 0.1) is 5.82 Å². The summed E-state index contributed by atoms with van der Waals surface area (Å²) in [7, 11) is 0. The van der Waals surface area contributed by atoms with Gasteiger partial charge in [-0.3, -0.25) is 0 Å². The molecule has 2 aromatic carbocycles. The summed E-state index contributed by atoms with van der Waals surface area (Å²) in [6.45, 7) is 2.10. The molecule has 3 heteroatoms. The molecule has 1 aliphatic rings. The molecule has 0 bridgehead atoms. The van der Waals surface area contributed by atoms with Gasteiger partial charge in [-0.15, -0.1) is 0 Å². The summed E-state index contributed by atoms with van der Waals surface area (Å²) in [6.07, 6.45) is 2.02. The molecule has 1 nitrogen and oxygen atoms in total. The molecule has 0 N–H and O–H groups in total. The highest BCUT2D eigenvalue weighted by atomic mass is 35.5. The summed E-state index contributed by atoms with van der Waals surface area (Å²) in [4.78, 5) is 0. The molecule has 0 fully saturated rings. The molecular formula is C16H12ClFO. The number of rotatable bonds is 1. The van der Waals surface area contributed by atoms with Crippen molar-refractivity contribution < 1.29 is 9.13 Å². The Morgan fingerprint density at radius 3 is 2.74 bits per heavy atom. The Hall–Kier alpha value is -1.80. The first-order valence-corrected chi connectivity index (χ1v) is 6.47. The normalized spacial score (nSPS) is 17.4. The van der Waals surface area contributed by atoms with Gasteiger partial charge in [0.05, 0.1) is 5.02 Å². The van der Waals surface area contributed by atoms with E-state index in [-0.39, 0.29) is 10.9 Å². The summed E-state index contributed by atoms with van der Waals surface area (Å²) in [5.74, 6) is 1.39. The van der Waals surface area contributed by atoms with E-state index in [0.29, 0.717) is 5.76 Å². The molecule has 0 aromatic heterocycles. The van der Waals surface area contributed by atoms with Crippen LogP contribution in [-0.2, 0) is 0 Å². The van der Waals surface area contributed by atoms with Crippen molar-refractivity contribution in [1.82, 2.24) is 0 Å². The highest BCUT2D eigenvalue weighted by molar-refractivity contribution is 6.30. The summed E-state index contributed by atoms with van der Waals surface area (Å²) in [5.41, 5.74) is 1.94. The van der Waals surface area contributed by atoms with E-state index in [9.17, 15) is 4.39 Å². The Bertz CT molecular complexity index is 664. The monoisotopic (exact) mass is 274 g/mol. The van der Waals surface area contributed by atoms with Crippen molar-refractivity contribution >= 4 is 17.4 Å². The Morgan fingerprint density at radius 1 is 1.16 bits per heavy atom. The predicted octanol–water partition coefficient (Wildman–Crippen LogP) is 5.02. The van der Waals surface area contributed by atoms with Crippen LogP contribution in [0.3, 0.4) is 0 Å². The number of ether oxygens (including phenoxy) is 1. The van der Waals surface area contributed by atoms with Gasteiger partial charge < -0.3 is 4.74 Å². The first-order valence-electron chi connectivity index (χ1n) is 6.09. The number of para-hydroxylation sites is 1. The third kappa shape index (κ3) is 2.24. The molecule has 1 heterocycles. The maximum Gasteiger partial charge on any atom is 0.141 e. The molecule has 1 unspecified atom stereocenters. The van der Waals surface area contributed by atoms with E-state index in [0.717, 1.165) is 16.9 Å². The fraction of sp³-hybridized carbons (Fsp3) is 0.125. The van der Waals surface area contributed by atoms with E-state index in [2.05, 4.69) is 6.92 Å². The number of fused-ring (bicyclic) bond motifs is 1. The zero-order valence-electron chi connectivity index (χ0n) is 10.4. The fourth-order valence-corrected chi connectivity index (χ4v) is 2.40. The van der Waals surface area contributed by atoms with E-state index in [1.165, 1.54) is 6.07 Å². The van der Waals surface area contributed by atoms with Crippen molar-refractivity contribution in [2.45, 2.75) is 12.8 Å². The molecule has 1 atom stereocenters. The fourth-order valence-electron chi connectivity index (χ4n) is 2.22. The summed E-state index contributed by atoms with van der Waals surface area (Å²) < 4.78 is 19.1. The van der Waals surface area contributed by atoms with Gasteiger partial charge in [-0.25, -0.2) is 4.39 Å². The average Bonchev–Trinajstić information content (AvgIpc) is 2.42. The standard InChI is InChI=1S/C16H12ClFO/c1-10-8-16(11-6-7-14(18)13(17)9-11)19-15-5-3-2-4-12(10)15/h2-10H,1H3. The van der Waals surface area contributed by atoms with E-state index < -0.39 is 5.82 Å². The van der Waals surface area contributed by atoms with Crippen molar-refractivity contribution in [1.29, 1.82) is 0 Å². The summed E-state index contributed by atoms with van der Waals surface area (Å²) in [5, 5.41) is 0.105. The lowest BCUT2D eigenvalue weighted by molar-refractivity contribution is 0.489. The zero-order valence-corrected chi connectivity index (χ0v) is 11.1. The van der Waals surface area contributed by atoms with Gasteiger partial charge in [-0.1, -0.05) is 36.7 Å². The summed E-state index contributed by atoms with van der Waals surface area (Å²) >= 11 is 5.81. The Kier molecular flexibility index (Phi) is 3.03. The van der Waals surface area contributed by atoms with Gasteiger partial charge in [0.1, 0.15) is 17.3 Å². The average molecular weight is 275 g/mol. The largest absolute Gasteiger partial charge is 0.457 e. The van der Waals surface area contributed by atoms with Crippen molar-refractivity contribution in [3.63, 3.8) is 0 Å². The third-order valence-corrected chi connectivity index (χ3v) is 3.52. The topological polar surface area (TPSA) is 9.23 Å². The quantitative estimate of drug-likeness (QED) is 0.710. The van der Waals surface area contributed by atoms with Crippen molar-refractivity contribution in [2.75, 3.05) is 0 Å². The van der Waals surface area contributed by atoms with Crippen LogP contribution in [0.15, 0.2) is 48.5 Å². The minimum Gasteiger partial charge on any atom is -0.457 e. The SMILES string of the molecule is CC1C=C(c2ccc(F)c(Cl)c2)Oc2ccccc21. The maximum atomic E-state index is 13.2. The second kappa shape index (κ2) is 4.71. The lowest BCUT2D eigenvalue weighted by atomic mass is 9.96. The molecule has 0 spiro atoms. The molecule has 0 aliphatic carbocycles. The van der Waals surface area contributed by atoms with Gasteiger partial charge >= 0.3 is 0 Å². The van der Waals surface area contributed by atoms with E-state index in [4.69, 9.17) is 16.3 Å².